The van der Waals surface area contributed by atoms with Gasteiger partial charge in [-0.2, -0.15) is 0 Å². The van der Waals surface area contributed by atoms with E-state index in [1.165, 1.54) is 5.92 Å². The molecule has 0 unspecified atom stereocenters. The number of rotatable bonds is 0. The van der Waals surface area contributed by atoms with E-state index >= 15 is 0 Å². The molecule has 0 atom stereocenters. The van der Waals surface area contributed by atoms with E-state index < -0.39 is 7.81 Å². The van der Waals surface area contributed by atoms with Gasteiger partial charge in [-0.1, -0.05) is 6.92 Å². The zero-order valence-corrected chi connectivity index (χ0v) is 12.3. The van der Waals surface area contributed by atoms with Crippen molar-refractivity contribution in [2.24, 2.45) is 0 Å². The summed E-state index contributed by atoms with van der Waals surface area (Å²) in [4.78, 5) is 0. The largest absolute Gasteiger partial charge is 2.00 e. The van der Waals surface area contributed by atoms with Gasteiger partial charge in [0.25, 0.3) is 0 Å². The van der Waals surface area contributed by atoms with Gasteiger partial charge in [-0.3, -0.25) is 0 Å². The van der Waals surface area contributed by atoms with Gasteiger partial charge in [0.1, 0.15) is 0 Å². The van der Waals surface area contributed by atoms with E-state index in [0.29, 0.717) is 0 Å². The van der Waals surface area contributed by atoms with Crippen LogP contribution in [0.5, 0.6) is 0 Å². The summed E-state index contributed by atoms with van der Waals surface area (Å²) in [6.45, 7) is 2.08. The molecule has 115 valence electrons. The van der Waals surface area contributed by atoms with Crippen LogP contribution in [0, 0.1) is 70.1 Å². The molecule has 20 heavy (non-hydrogen) atoms. The molecule has 2 saturated carbocycles. The van der Waals surface area contributed by atoms with Gasteiger partial charge in [0.05, 0.1) is 0 Å². The van der Waals surface area contributed by atoms with Crippen molar-refractivity contribution >= 4 is 7.81 Å². The molecule has 8 heteroatoms. The van der Waals surface area contributed by atoms with Crippen LogP contribution in [0.2, 0.25) is 0 Å². The van der Waals surface area contributed by atoms with E-state index in [0.717, 1.165) is 0 Å². The summed E-state index contributed by atoms with van der Waals surface area (Å²) in [5.41, 5.74) is 0. The topological polar surface area (TPSA) is 0 Å². The first kappa shape index (κ1) is 22.8. The zero-order chi connectivity index (χ0) is 15.1. The molecule has 0 aromatic carbocycles. The van der Waals surface area contributed by atoms with E-state index in [4.69, 9.17) is 0 Å². The second-order valence-electron chi connectivity index (χ2n) is 3.58. The first-order chi connectivity index (χ1) is 8.34. The van der Waals surface area contributed by atoms with E-state index in [9.17, 15) is 25.2 Å². The maximum absolute atomic E-state index is 10.7. The van der Waals surface area contributed by atoms with Crippen molar-refractivity contribution in [2.75, 3.05) is 0 Å². The Morgan fingerprint density at radius 3 is 0.950 bits per heavy atom. The predicted molar refractivity (Wildman–Crippen MR) is 65.5 cm³/mol. The first-order valence-corrected chi connectivity index (χ1v) is 7.12. The van der Waals surface area contributed by atoms with Crippen LogP contribution in [0.25, 0.3) is 0 Å². The van der Waals surface area contributed by atoms with Crippen LogP contribution >= 0.6 is 7.81 Å². The maximum Gasteiger partial charge on any atom is 2.00 e. The molecule has 0 amide bonds. The molecule has 2 aliphatic rings. The van der Waals surface area contributed by atoms with Crippen LogP contribution in [0.4, 0.5) is 25.2 Å². The second-order valence-corrected chi connectivity index (χ2v) is 5.49. The second kappa shape index (κ2) is 8.24. The molecule has 2 rings (SSSR count). The fourth-order valence-corrected chi connectivity index (χ4v) is 0.855. The van der Waals surface area contributed by atoms with Crippen LogP contribution < -0.4 is 0 Å². The maximum atomic E-state index is 9.87. The zero-order valence-electron chi connectivity index (χ0n) is 10.3. The Balaban J connectivity index is 0. The summed E-state index contributed by atoms with van der Waals surface area (Å²) in [5.74, 6) is 1.32. The molecule has 0 aromatic rings. The Hall–Kier alpha value is 0.529. The quantitative estimate of drug-likeness (QED) is 0.282. The molecular weight excluding hydrogens is 345 g/mol. The molecule has 0 N–H and O–H groups in total. The third kappa shape index (κ3) is 31.1. The molecule has 0 heterocycles. The molecular formula is C12H13F6FeP+. The monoisotopic (exact) mass is 358 g/mol. The SMILES string of the molecule is C[C]1[CH][CH][CH][CH][CH]1.F[P-](F)(F)(F)(F)F.[CH]1[CH][CH][CH][CH]1.[Fe+2]. The standard InChI is InChI=1S/C7H8.C5H5.F6P.Fe/c1-7-5-3-2-4-6-7;1-2-4-5-3-1;1-7(2,3,4,5)6;/h2-6H,1H3;1-5H;;/q;;-1;+2. The van der Waals surface area contributed by atoms with Gasteiger partial charge in [0, 0.05) is 0 Å². The molecule has 0 bridgehead atoms. The summed E-state index contributed by atoms with van der Waals surface area (Å²) in [7, 11) is -10.7. The van der Waals surface area contributed by atoms with E-state index in [-0.39, 0.29) is 17.1 Å². The van der Waals surface area contributed by atoms with Crippen LogP contribution in [0.1, 0.15) is 6.92 Å². The summed E-state index contributed by atoms with van der Waals surface area (Å²) in [6.07, 6.45) is 20.3. The molecule has 0 saturated heterocycles. The van der Waals surface area contributed by atoms with Crippen LogP contribution in [-0.4, -0.2) is 0 Å². The van der Waals surface area contributed by atoms with E-state index in [1.54, 1.807) is 0 Å². The van der Waals surface area contributed by atoms with Crippen molar-refractivity contribution in [3.8, 4) is 0 Å². The summed E-state index contributed by atoms with van der Waals surface area (Å²) in [6, 6.07) is 0. The minimum absolute atomic E-state index is 0. The number of halogens is 6. The van der Waals surface area contributed by atoms with Crippen LogP contribution in [0.3, 0.4) is 0 Å². The van der Waals surface area contributed by atoms with Crippen LogP contribution in [-0.2, 0) is 17.1 Å². The van der Waals surface area contributed by atoms with Gasteiger partial charge < -0.3 is 0 Å². The summed E-state index contributed by atoms with van der Waals surface area (Å²) in [5, 5.41) is 0. The van der Waals surface area contributed by atoms with Crippen molar-refractivity contribution < 1.29 is 42.3 Å². The van der Waals surface area contributed by atoms with Gasteiger partial charge in [0.2, 0.25) is 0 Å². The van der Waals surface area contributed by atoms with Crippen LogP contribution in [0.15, 0.2) is 0 Å². The minimum atomic E-state index is -10.7. The Kier molecular flexibility index (Phi) is 9.39. The molecule has 2 fully saturated rings. The first-order valence-electron chi connectivity index (χ1n) is 5.09. The third-order valence-electron chi connectivity index (χ3n) is 1.50. The number of hydrogen-bond donors (Lipinski definition) is 0. The average molecular weight is 358 g/mol. The van der Waals surface area contributed by atoms with E-state index in [1.807, 2.05) is 51.4 Å². The van der Waals surface area contributed by atoms with Gasteiger partial charge in [-0.15, -0.1) is 0 Å². The summed E-state index contributed by atoms with van der Waals surface area (Å²) < 4.78 is 59.2. The fraction of sp³-hybridized carbons (Fsp3) is 0.0833. The van der Waals surface area contributed by atoms with Crippen molar-refractivity contribution in [3.05, 3.63) is 70.1 Å². The van der Waals surface area contributed by atoms with Crippen molar-refractivity contribution in [1.29, 1.82) is 0 Å². The summed E-state index contributed by atoms with van der Waals surface area (Å²) >= 11 is 0. The molecule has 0 spiro atoms. The van der Waals surface area contributed by atoms with Gasteiger partial charge in [0.15, 0.2) is 0 Å². The van der Waals surface area contributed by atoms with Crippen molar-refractivity contribution in [1.82, 2.24) is 0 Å². The van der Waals surface area contributed by atoms with Gasteiger partial charge in [-0.05, 0) is 70.1 Å². The van der Waals surface area contributed by atoms with Gasteiger partial charge in [-0.25, -0.2) is 0 Å². The smallest absolute Gasteiger partial charge is 0.0312 e. The van der Waals surface area contributed by atoms with Gasteiger partial charge >= 0.3 is 50.1 Å². The third-order valence-corrected chi connectivity index (χ3v) is 1.50. The van der Waals surface area contributed by atoms with Crippen molar-refractivity contribution in [2.45, 2.75) is 6.92 Å². The molecule has 11 radical (unpaired) electrons. The Morgan fingerprint density at radius 2 is 0.800 bits per heavy atom. The molecule has 0 nitrogen and oxygen atoms in total. The Bertz CT molecular complexity index is 221. The number of hydrogen-bond acceptors (Lipinski definition) is 0. The van der Waals surface area contributed by atoms with Crippen molar-refractivity contribution in [3.63, 3.8) is 0 Å². The fourth-order valence-electron chi connectivity index (χ4n) is 0.855. The Morgan fingerprint density at radius 1 is 0.600 bits per heavy atom. The normalized spacial score (nSPS) is 22.9. The molecule has 2 aliphatic carbocycles. The predicted octanol–water partition coefficient (Wildman–Crippen LogP) is 6.02. The molecule has 0 aliphatic heterocycles. The Labute approximate surface area is 127 Å². The average Bonchev–Trinajstić information content (AvgIpc) is 2.71. The molecule has 0 aromatic heterocycles. The van der Waals surface area contributed by atoms with E-state index in [2.05, 4.69) is 19.8 Å². The minimum Gasteiger partial charge on any atom is -0.0312 e.